The number of rotatable bonds is 4. The summed E-state index contributed by atoms with van der Waals surface area (Å²) in [5.74, 6) is -0.393. The lowest BCUT2D eigenvalue weighted by Gasteiger charge is -2.01. The van der Waals surface area contributed by atoms with E-state index in [-0.39, 0.29) is 12.3 Å². The smallest absolute Gasteiger partial charge is 0.330 e. The van der Waals surface area contributed by atoms with Gasteiger partial charge in [0.2, 0.25) is 0 Å². The second kappa shape index (κ2) is 5.06. The van der Waals surface area contributed by atoms with Crippen LogP contribution in [0.1, 0.15) is 6.92 Å². The molecular weight excluding hydrogens is 184 g/mol. The molecule has 1 aromatic rings. The predicted octanol–water partition coefficient (Wildman–Crippen LogP) is 0.296. The van der Waals surface area contributed by atoms with E-state index in [9.17, 15) is 9.59 Å². The van der Waals surface area contributed by atoms with Crippen molar-refractivity contribution in [3.05, 3.63) is 35.0 Å². The standard InChI is InChI=1S/C9H12N2O3/c1-2-3-8(12)14-7-6-11-5-4-10-9(11)13/h2-5H,6-7H2,1H3,(H,10,13). The molecule has 0 aliphatic rings. The number of nitrogens with zero attached hydrogens (tertiary/aromatic N) is 1. The van der Waals surface area contributed by atoms with Crippen LogP contribution in [-0.2, 0) is 16.1 Å². The molecule has 14 heavy (non-hydrogen) atoms. The van der Waals surface area contributed by atoms with Crippen LogP contribution in [0.3, 0.4) is 0 Å². The highest BCUT2D eigenvalue weighted by Crippen LogP contribution is 1.84. The predicted molar refractivity (Wildman–Crippen MR) is 50.8 cm³/mol. The van der Waals surface area contributed by atoms with E-state index >= 15 is 0 Å². The van der Waals surface area contributed by atoms with Crippen molar-refractivity contribution < 1.29 is 9.53 Å². The summed E-state index contributed by atoms with van der Waals surface area (Å²) in [6, 6.07) is 0. The number of nitrogens with one attached hydrogen (secondary N) is 1. The largest absolute Gasteiger partial charge is 0.461 e. The molecule has 0 saturated carbocycles. The number of aromatic nitrogens is 2. The molecule has 0 atom stereocenters. The van der Waals surface area contributed by atoms with E-state index in [0.717, 1.165) is 0 Å². The number of allylic oxidation sites excluding steroid dienone is 1. The number of aromatic amines is 1. The van der Waals surface area contributed by atoms with Crippen molar-refractivity contribution in [1.29, 1.82) is 0 Å². The number of ether oxygens (including phenoxy) is 1. The Morgan fingerprint density at radius 1 is 1.71 bits per heavy atom. The summed E-state index contributed by atoms with van der Waals surface area (Å²) in [7, 11) is 0. The summed E-state index contributed by atoms with van der Waals surface area (Å²) < 4.78 is 6.24. The van der Waals surface area contributed by atoms with Gasteiger partial charge in [0, 0.05) is 18.5 Å². The van der Waals surface area contributed by atoms with Crippen LogP contribution in [0.25, 0.3) is 0 Å². The zero-order valence-corrected chi connectivity index (χ0v) is 7.90. The highest BCUT2D eigenvalue weighted by molar-refractivity contribution is 5.81. The van der Waals surface area contributed by atoms with Gasteiger partial charge in [-0.15, -0.1) is 0 Å². The summed E-state index contributed by atoms with van der Waals surface area (Å²) in [6.07, 6.45) is 6.08. The minimum absolute atomic E-state index is 0.195. The Balaban J connectivity index is 2.32. The highest BCUT2D eigenvalue weighted by Gasteiger charge is 1.98. The van der Waals surface area contributed by atoms with Crippen molar-refractivity contribution in [2.24, 2.45) is 0 Å². The second-order valence-electron chi connectivity index (χ2n) is 2.63. The van der Waals surface area contributed by atoms with Crippen LogP contribution in [0.5, 0.6) is 0 Å². The number of H-pyrrole nitrogens is 1. The molecule has 0 amide bonds. The van der Waals surface area contributed by atoms with Crippen LogP contribution >= 0.6 is 0 Å². The molecule has 1 heterocycles. The van der Waals surface area contributed by atoms with E-state index in [1.54, 1.807) is 19.2 Å². The van der Waals surface area contributed by atoms with E-state index in [0.29, 0.717) is 6.54 Å². The second-order valence-corrected chi connectivity index (χ2v) is 2.63. The molecule has 0 saturated heterocycles. The number of carbonyl (C=O) groups is 1. The molecule has 76 valence electrons. The van der Waals surface area contributed by atoms with Gasteiger partial charge >= 0.3 is 11.7 Å². The normalized spacial score (nSPS) is 10.6. The molecule has 5 nitrogen and oxygen atoms in total. The van der Waals surface area contributed by atoms with Crippen molar-refractivity contribution in [3.63, 3.8) is 0 Å². The van der Waals surface area contributed by atoms with E-state index in [4.69, 9.17) is 4.74 Å². The first-order valence-electron chi connectivity index (χ1n) is 4.27. The Labute approximate surface area is 81.0 Å². The molecule has 0 aromatic carbocycles. The Bertz CT molecular complexity index is 375. The van der Waals surface area contributed by atoms with Crippen molar-refractivity contribution in [1.82, 2.24) is 9.55 Å². The molecule has 5 heteroatoms. The molecule has 0 aliphatic carbocycles. The lowest BCUT2D eigenvalue weighted by molar-refractivity contribution is -0.138. The summed E-state index contributed by atoms with van der Waals surface area (Å²) >= 11 is 0. The maximum Gasteiger partial charge on any atom is 0.330 e. The van der Waals surface area contributed by atoms with E-state index in [1.807, 2.05) is 0 Å². The summed E-state index contributed by atoms with van der Waals surface area (Å²) in [6.45, 7) is 2.30. The van der Waals surface area contributed by atoms with Gasteiger partial charge in [0.25, 0.3) is 0 Å². The Hall–Kier alpha value is -1.78. The van der Waals surface area contributed by atoms with Gasteiger partial charge in [-0.1, -0.05) is 6.08 Å². The van der Waals surface area contributed by atoms with Gasteiger partial charge in [0.15, 0.2) is 0 Å². The van der Waals surface area contributed by atoms with E-state index < -0.39 is 5.97 Å². The average Bonchev–Trinajstić information content (AvgIpc) is 2.52. The monoisotopic (exact) mass is 196 g/mol. The molecule has 0 aliphatic heterocycles. The number of carbonyl (C=O) groups excluding carboxylic acids is 1. The number of imidazole rings is 1. The first-order valence-corrected chi connectivity index (χ1v) is 4.27. The van der Waals surface area contributed by atoms with Crippen LogP contribution in [0.2, 0.25) is 0 Å². The Morgan fingerprint density at radius 2 is 2.50 bits per heavy atom. The minimum atomic E-state index is -0.393. The van der Waals surface area contributed by atoms with E-state index in [1.165, 1.54) is 16.8 Å². The quantitative estimate of drug-likeness (QED) is 0.556. The fraction of sp³-hybridized carbons (Fsp3) is 0.333. The average molecular weight is 196 g/mol. The maximum absolute atomic E-state index is 11.0. The van der Waals surface area contributed by atoms with Crippen LogP contribution in [0, 0.1) is 0 Å². The molecule has 1 aromatic heterocycles. The number of hydrogen-bond acceptors (Lipinski definition) is 3. The lowest BCUT2D eigenvalue weighted by Crippen LogP contribution is -2.19. The van der Waals surface area contributed by atoms with Gasteiger partial charge < -0.3 is 9.72 Å². The van der Waals surface area contributed by atoms with Gasteiger partial charge in [-0.3, -0.25) is 4.57 Å². The SMILES string of the molecule is CC=CC(=O)OCCn1cc[nH]c1=O. The third-order valence-corrected chi connectivity index (χ3v) is 1.60. The summed E-state index contributed by atoms with van der Waals surface area (Å²) in [5.41, 5.74) is -0.202. The first-order chi connectivity index (χ1) is 6.74. The zero-order valence-electron chi connectivity index (χ0n) is 7.90. The molecular formula is C9H12N2O3. The van der Waals surface area contributed by atoms with Gasteiger partial charge in [-0.25, -0.2) is 9.59 Å². The summed E-state index contributed by atoms with van der Waals surface area (Å²) in [5, 5.41) is 0. The molecule has 1 N–H and O–H groups in total. The fourth-order valence-electron chi connectivity index (χ4n) is 0.954. The fourth-order valence-corrected chi connectivity index (χ4v) is 0.954. The maximum atomic E-state index is 11.0. The molecule has 0 bridgehead atoms. The first kappa shape index (κ1) is 10.3. The van der Waals surface area contributed by atoms with Crippen molar-refractivity contribution in [3.8, 4) is 0 Å². The van der Waals surface area contributed by atoms with Gasteiger partial charge in [0.05, 0.1) is 6.54 Å². The highest BCUT2D eigenvalue weighted by atomic mass is 16.5. The summed E-state index contributed by atoms with van der Waals surface area (Å²) in [4.78, 5) is 24.3. The molecule has 0 radical (unpaired) electrons. The van der Waals surface area contributed by atoms with E-state index in [2.05, 4.69) is 4.98 Å². The molecule has 0 spiro atoms. The Morgan fingerprint density at radius 3 is 3.07 bits per heavy atom. The van der Waals surface area contributed by atoms with Crippen LogP contribution in [-0.4, -0.2) is 22.1 Å². The Kier molecular flexibility index (Phi) is 3.72. The van der Waals surface area contributed by atoms with Crippen LogP contribution in [0.15, 0.2) is 29.3 Å². The number of hydrogen-bond donors (Lipinski definition) is 1. The van der Waals surface area contributed by atoms with Gasteiger partial charge in [-0.05, 0) is 6.92 Å². The third-order valence-electron chi connectivity index (χ3n) is 1.60. The van der Waals surface area contributed by atoms with Crippen LogP contribution < -0.4 is 5.69 Å². The van der Waals surface area contributed by atoms with Crippen molar-refractivity contribution in [2.45, 2.75) is 13.5 Å². The van der Waals surface area contributed by atoms with Crippen molar-refractivity contribution >= 4 is 5.97 Å². The van der Waals surface area contributed by atoms with Crippen LogP contribution in [0.4, 0.5) is 0 Å². The topological polar surface area (TPSA) is 64.1 Å². The van der Waals surface area contributed by atoms with Gasteiger partial charge in [0.1, 0.15) is 6.61 Å². The van der Waals surface area contributed by atoms with Crippen molar-refractivity contribution in [2.75, 3.05) is 6.61 Å². The lowest BCUT2D eigenvalue weighted by atomic mass is 10.5. The zero-order chi connectivity index (χ0) is 10.4. The molecule has 0 fully saturated rings. The van der Waals surface area contributed by atoms with Gasteiger partial charge in [-0.2, -0.15) is 0 Å². The third kappa shape index (κ3) is 2.93. The molecule has 1 rings (SSSR count). The minimum Gasteiger partial charge on any atom is -0.461 e. The number of esters is 1. The molecule has 0 unspecified atom stereocenters.